The van der Waals surface area contributed by atoms with Crippen LogP contribution >= 0.6 is 0 Å². The highest BCUT2D eigenvalue weighted by Gasteiger charge is 2.38. The largest absolute Gasteiger partial charge is 0.494 e. The Hall–Kier alpha value is -4.51. The van der Waals surface area contributed by atoms with Crippen molar-refractivity contribution in [3.8, 4) is 5.75 Å². The normalized spacial score (nSPS) is 16.0. The molecule has 2 fully saturated rings. The fourth-order valence-electron chi connectivity index (χ4n) is 6.43. The van der Waals surface area contributed by atoms with Gasteiger partial charge in [-0.15, -0.1) is 0 Å². The van der Waals surface area contributed by atoms with E-state index in [0.29, 0.717) is 13.1 Å². The minimum atomic E-state index is -5.08. The van der Waals surface area contributed by atoms with Crippen molar-refractivity contribution in [2.45, 2.75) is 51.2 Å². The molecule has 1 N–H and O–H groups in total. The predicted octanol–water partition coefficient (Wildman–Crippen LogP) is 7.32. The number of piperazine rings is 1. The SMILES string of the molecule is O=C(O)C(F)(F)F.O=C(c1cn(Cc2ccccc2)c2ccccc12)N1CCN(c2ccc(OCCCN3CCCCCCC3)cc2)CC1. The number of hydrogen-bond acceptors (Lipinski definition) is 5. The van der Waals surface area contributed by atoms with E-state index in [-0.39, 0.29) is 5.91 Å². The van der Waals surface area contributed by atoms with Gasteiger partial charge < -0.3 is 29.1 Å². The summed E-state index contributed by atoms with van der Waals surface area (Å²) < 4.78 is 40.0. The maximum Gasteiger partial charge on any atom is 0.490 e. The molecule has 1 aromatic heterocycles. The summed E-state index contributed by atoms with van der Waals surface area (Å²) in [5, 5.41) is 8.15. The lowest BCUT2D eigenvalue weighted by Gasteiger charge is -2.36. The third kappa shape index (κ3) is 10.2. The van der Waals surface area contributed by atoms with Gasteiger partial charge in [0.25, 0.3) is 5.91 Å². The van der Waals surface area contributed by atoms with Crippen molar-refractivity contribution in [2.75, 3.05) is 57.3 Å². The number of halogens is 3. The van der Waals surface area contributed by atoms with E-state index in [2.05, 4.69) is 75.0 Å². The van der Waals surface area contributed by atoms with Crippen molar-refractivity contribution in [2.24, 2.45) is 0 Å². The van der Waals surface area contributed by atoms with Gasteiger partial charge in [-0.05, 0) is 68.2 Å². The summed E-state index contributed by atoms with van der Waals surface area (Å²) in [7, 11) is 0. The van der Waals surface area contributed by atoms with Gasteiger partial charge in [0.2, 0.25) is 0 Å². The van der Waals surface area contributed by atoms with Gasteiger partial charge in [0, 0.05) is 62.1 Å². The molecule has 49 heavy (non-hydrogen) atoms. The van der Waals surface area contributed by atoms with Crippen LogP contribution in [0.15, 0.2) is 85.1 Å². The molecule has 0 unspecified atom stereocenters. The van der Waals surface area contributed by atoms with Crippen LogP contribution in [0.4, 0.5) is 18.9 Å². The van der Waals surface area contributed by atoms with Crippen LogP contribution in [0.5, 0.6) is 5.75 Å². The van der Waals surface area contributed by atoms with Gasteiger partial charge in [0.05, 0.1) is 12.2 Å². The van der Waals surface area contributed by atoms with Crippen LogP contribution in [-0.4, -0.2) is 89.9 Å². The number of carbonyl (C=O) groups excluding carboxylic acids is 1. The van der Waals surface area contributed by atoms with Crippen molar-refractivity contribution in [3.63, 3.8) is 0 Å². The lowest BCUT2D eigenvalue weighted by atomic mass is 10.1. The number of carboxylic acid groups (broad SMARTS) is 1. The van der Waals surface area contributed by atoms with Crippen LogP contribution in [0.1, 0.15) is 54.4 Å². The molecule has 3 aromatic carbocycles. The fraction of sp³-hybridized carbons (Fsp3) is 0.421. The molecule has 0 bridgehead atoms. The van der Waals surface area contributed by atoms with Crippen molar-refractivity contribution in [1.29, 1.82) is 0 Å². The minimum absolute atomic E-state index is 0.122. The van der Waals surface area contributed by atoms with Gasteiger partial charge in [0.1, 0.15) is 5.75 Å². The minimum Gasteiger partial charge on any atom is -0.494 e. The number of aliphatic carboxylic acids is 1. The van der Waals surface area contributed by atoms with E-state index in [1.807, 2.05) is 29.3 Å². The van der Waals surface area contributed by atoms with Crippen molar-refractivity contribution < 1.29 is 32.6 Å². The molecule has 11 heteroatoms. The van der Waals surface area contributed by atoms with Crippen LogP contribution in [0.3, 0.4) is 0 Å². The summed E-state index contributed by atoms with van der Waals surface area (Å²) in [6, 6.07) is 27.2. The van der Waals surface area contributed by atoms with E-state index < -0.39 is 12.1 Å². The molecular weight excluding hydrogens is 633 g/mol. The average molecular weight is 679 g/mol. The van der Waals surface area contributed by atoms with Gasteiger partial charge in [0.15, 0.2) is 0 Å². The van der Waals surface area contributed by atoms with Crippen molar-refractivity contribution in [1.82, 2.24) is 14.4 Å². The zero-order chi connectivity index (χ0) is 34.6. The Morgan fingerprint density at radius 3 is 2.02 bits per heavy atom. The number of benzene rings is 3. The Morgan fingerprint density at radius 2 is 1.37 bits per heavy atom. The summed E-state index contributed by atoms with van der Waals surface area (Å²) in [5.74, 6) is -1.70. The van der Waals surface area contributed by atoms with Gasteiger partial charge in [-0.2, -0.15) is 13.2 Å². The lowest BCUT2D eigenvalue weighted by molar-refractivity contribution is -0.192. The van der Waals surface area contributed by atoms with Crippen molar-refractivity contribution >= 4 is 28.5 Å². The molecule has 2 saturated heterocycles. The summed E-state index contributed by atoms with van der Waals surface area (Å²) in [6.45, 7) is 8.20. The molecule has 262 valence electrons. The molecule has 2 aliphatic heterocycles. The fourth-order valence-corrected chi connectivity index (χ4v) is 6.43. The molecule has 6 rings (SSSR count). The molecule has 0 spiro atoms. The number of amides is 1. The van der Waals surface area contributed by atoms with E-state index in [4.69, 9.17) is 14.6 Å². The lowest BCUT2D eigenvalue weighted by Crippen LogP contribution is -2.48. The second-order valence-corrected chi connectivity index (χ2v) is 12.6. The Balaban J connectivity index is 0.000000606. The highest BCUT2D eigenvalue weighted by atomic mass is 19.4. The first-order valence-corrected chi connectivity index (χ1v) is 17.1. The maximum atomic E-state index is 13.7. The van der Waals surface area contributed by atoms with E-state index in [1.165, 1.54) is 56.4 Å². The zero-order valence-electron chi connectivity index (χ0n) is 27.8. The number of fused-ring (bicyclic) bond motifs is 1. The molecule has 3 heterocycles. The molecule has 4 aromatic rings. The number of hydrogen-bond donors (Lipinski definition) is 1. The molecule has 0 aliphatic carbocycles. The van der Waals surface area contributed by atoms with Crippen LogP contribution < -0.4 is 9.64 Å². The zero-order valence-corrected chi connectivity index (χ0v) is 27.8. The first kappa shape index (κ1) is 35.8. The Morgan fingerprint density at radius 1 is 0.755 bits per heavy atom. The number of carboxylic acids is 1. The summed E-state index contributed by atoms with van der Waals surface area (Å²) in [4.78, 5) is 29.6. The molecule has 0 atom stereocenters. The number of rotatable bonds is 9. The van der Waals surface area contributed by atoms with E-state index in [9.17, 15) is 18.0 Å². The number of ether oxygens (including phenoxy) is 1. The topological polar surface area (TPSA) is 78.2 Å². The van der Waals surface area contributed by atoms with E-state index in [0.717, 1.165) is 61.4 Å². The number of nitrogens with zero attached hydrogens (tertiary/aromatic N) is 4. The third-order valence-electron chi connectivity index (χ3n) is 9.06. The van der Waals surface area contributed by atoms with Gasteiger partial charge in [-0.1, -0.05) is 67.8 Å². The number of aromatic nitrogens is 1. The first-order valence-electron chi connectivity index (χ1n) is 17.1. The molecule has 2 aliphatic rings. The number of alkyl halides is 3. The van der Waals surface area contributed by atoms with Crippen LogP contribution in [0, 0.1) is 0 Å². The van der Waals surface area contributed by atoms with Crippen LogP contribution in [0.2, 0.25) is 0 Å². The van der Waals surface area contributed by atoms with Gasteiger partial charge in [-0.25, -0.2) is 4.79 Å². The number of carbonyl (C=O) groups is 2. The summed E-state index contributed by atoms with van der Waals surface area (Å²) in [6.07, 6.45) is 4.87. The predicted molar refractivity (Wildman–Crippen MR) is 185 cm³/mol. The molecule has 8 nitrogen and oxygen atoms in total. The monoisotopic (exact) mass is 678 g/mol. The molecule has 0 radical (unpaired) electrons. The highest BCUT2D eigenvalue weighted by molar-refractivity contribution is 6.07. The number of likely N-dealkylation sites (tertiary alicyclic amines) is 1. The maximum absolute atomic E-state index is 13.7. The molecule has 0 saturated carbocycles. The summed E-state index contributed by atoms with van der Waals surface area (Å²) >= 11 is 0. The number of para-hydroxylation sites is 1. The third-order valence-corrected chi connectivity index (χ3v) is 9.06. The first-order chi connectivity index (χ1) is 23.7. The van der Waals surface area contributed by atoms with Gasteiger partial charge in [-0.3, -0.25) is 4.79 Å². The van der Waals surface area contributed by atoms with Crippen molar-refractivity contribution in [3.05, 3.63) is 96.2 Å². The van der Waals surface area contributed by atoms with E-state index in [1.54, 1.807) is 0 Å². The molecule has 1 amide bonds. The van der Waals surface area contributed by atoms with E-state index >= 15 is 0 Å². The Bertz CT molecular complexity index is 1630. The van der Waals surface area contributed by atoms with Gasteiger partial charge >= 0.3 is 12.1 Å². The van der Waals surface area contributed by atoms with Crippen LogP contribution in [-0.2, 0) is 11.3 Å². The smallest absolute Gasteiger partial charge is 0.490 e. The standard InChI is InChI=1S/C36H44N4O2.C2HF3O2/c41-36(34-29-40(28-30-12-5-4-6-13-30)35-15-8-7-14-33(34)35)39-25-23-38(24-26-39)31-16-18-32(19-17-31)42-27-11-22-37-20-9-2-1-3-10-21-37;3-2(4,5)1(6)7/h4-8,12-19,29H,1-3,9-11,20-28H2;(H,6,7). The second-order valence-electron chi connectivity index (χ2n) is 12.6. The molecular formula is C38H45F3N4O4. The quantitative estimate of drug-likeness (QED) is 0.187. The number of anilines is 1. The second kappa shape index (κ2) is 17.2. The average Bonchev–Trinajstić information content (AvgIpc) is 3.46. The summed E-state index contributed by atoms with van der Waals surface area (Å²) in [5.41, 5.74) is 4.31. The highest BCUT2D eigenvalue weighted by Crippen LogP contribution is 2.26. The Kier molecular flexibility index (Phi) is 12.6. The Labute approximate surface area is 285 Å². The van der Waals surface area contributed by atoms with Crippen LogP contribution in [0.25, 0.3) is 10.9 Å².